The van der Waals surface area contributed by atoms with Gasteiger partial charge in [0.25, 0.3) is 0 Å². The van der Waals surface area contributed by atoms with Gasteiger partial charge in [-0.3, -0.25) is 9.78 Å². The summed E-state index contributed by atoms with van der Waals surface area (Å²) in [7, 11) is 0. The Morgan fingerprint density at radius 1 is 1.17 bits per heavy atom. The molecule has 1 fully saturated rings. The second kappa shape index (κ2) is 8.34. The van der Waals surface area contributed by atoms with Gasteiger partial charge < -0.3 is 10.2 Å². The number of amides is 1. The molecule has 1 amide bonds. The third-order valence-corrected chi connectivity index (χ3v) is 4.94. The fourth-order valence-electron chi connectivity index (χ4n) is 3.38. The van der Waals surface area contributed by atoms with Crippen LogP contribution in [0.1, 0.15) is 24.6 Å². The molecule has 1 aliphatic rings. The third kappa shape index (κ3) is 4.39. The van der Waals surface area contributed by atoms with E-state index in [4.69, 9.17) is 0 Å². The number of rotatable bonds is 6. The predicted molar refractivity (Wildman–Crippen MR) is 108 cm³/mol. The molecular weight excluding hydrogens is 369 g/mol. The zero-order valence-electron chi connectivity index (χ0n) is 16.2. The van der Waals surface area contributed by atoms with Crippen molar-refractivity contribution in [3.63, 3.8) is 0 Å². The van der Waals surface area contributed by atoms with Crippen molar-refractivity contribution in [2.24, 2.45) is 0 Å². The number of pyridine rings is 1. The van der Waals surface area contributed by atoms with Crippen molar-refractivity contribution in [2.75, 3.05) is 11.9 Å². The minimum atomic E-state index is -0.341. The lowest BCUT2D eigenvalue weighted by Gasteiger charge is -2.18. The minimum absolute atomic E-state index is 0.0189. The van der Waals surface area contributed by atoms with Crippen molar-refractivity contribution >= 4 is 11.7 Å². The van der Waals surface area contributed by atoms with Gasteiger partial charge in [-0.15, -0.1) is 0 Å². The number of aryl methyl sites for hydroxylation is 1. The van der Waals surface area contributed by atoms with E-state index in [1.54, 1.807) is 23.2 Å². The highest BCUT2D eigenvalue weighted by molar-refractivity contribution is 5.86. The first-order valence-corrected chi connectivity index (χ1v) is 9.71. The summed E-state index contributed by atoms with van der Waals surface area (Å²) in [5.74, 6) is 0.908. The number of anilines is 1. The molecule has 4 rings (SSSR count). The number of hydrogen-bond donors (Lipinski definition) is 1. The van der Waals surface area contributed by atoms with Crippen LogP contribution in [0.2, 0.25) is 0 Å². The molecule has 2 aromatic heterocycles. The van der Waals surface area contributed by atoms with Gasteiger partial charge in [0.1, 0.15) is 23.4 Å². The Morgan fingerprint density at radius 3 is 2.72 bits per heavy atom. The second-order valence-corrected chi connectivity index (χ2v) is 7.01. The Labute approximate surface area is 168 Å². The van der Waals surface area contributed by atoms with Crippen LogP contribution < -0.4 is 5.32 Å². The smallest absolute Gasteiger partial charge is 0.245 e. The van der Waals surface area contributed by atoms with E-state index < -0.39 is 0 Å². The van der Waals surface area contributed by atoms with Crippen LogP contribution in [0.4, 0.5) is 10.2 Å². The molecular formula is C22H22FN5O. The number of carbonyl (C=O) groups excluding carboxylic acids is 1. The van der Waals surface area contributed by atoms with E-state index in [2.05, 4.69) is 20.3 Å². The van der Waals surface area contributed by atoms with E-state index in [9.17, 15) is 9.18 Å². The number of halogens is 1. The lowest BCUT2D eigenvalue weighted by molar-refractivity contribution is -0.128. The zero-order valence-corrected chi connectivity index (χ0v) is 16.2. The van der Waals surface area contributed by atoms with Crippen LogP contribution in [0.5, 0.6) is 0 Å². The molecule has 1 aliphatic heterocycles. The Hall–Kier alpha value is -3.35. The molecule has 1 N–H and O–H groups in total. The van der Waals surface area contributed by atoms with Crippen LogP contribution in [0.3, 0.4) is 0 Å². The van der Waals surface area contributed by atoms with Gasteiger partial charge in [-0.2, -0.15) is 0 Å². The third-order valence-electron chi connectivity index (χ3n) is 4.94. The zero-order chi connectivity index (χ0) is 20.2. The number of hydrogen-bond acceptors (Lipinski definition) is 5. The van der Waals surface area contributed by atoms with Gasteiger partial charge in [-0.25, -0.2) is 14.4 Å². The lowest BCUT2D eigenvalue weighted by atomic mass is 10.2. The van der Waals surface area contributed by atoms with Crippen LogP contribution in [-0.4, -0.2) is 38.3 Å². The number of likely N-dealkylation sites (tertiary alicyclic amines) is 1. The Balaban J connectivity index is 1.49. The Kier molecular flexibility index (Phi) is 5.46. The maximum atomic E-state index is 13.1. The fraction of sp³-hybridized carbons (Fsp3) is 0.273. The summed E-state index contributed by atoms with van der Waals surface area (Å²) < 4.78 is 13.1. The number of aromatic nitrogens is 3. The first-order chi connectivity index (χ1) is 14.1. The van der Waals surface area contributed by atoms with Gasteiger partial charge in [-0.1, -0.05) is 25.1 Å². The quantitative estimate of drug-likeness (QED) is 0.697. The van der Waals surface area contributed by atoms with E-state index in [0.29, 0.717) is 36.8 Å². The average molecular weight is 391 g/mol. The molecule has 29 heavy (non-hydrogen) atoms. The highest BCUT2D eigenvalue weighted by atomic mass is 19.1. The lowest BCUT2D eigenvalue weighted by Crippen LogP contribution is -2.33. The fourth-order valence-corrected chi connectivity index (χ4v) is 3.38. The molecule has 0 saturated carbocycles. The summed E-state index contributed by atoms with van der Waals surface area (Å²) in [5, 5.41) is 3.27. The van der Waals surface area contributed by atoms with Crippen molar-refractivity contribution in [2.45, 2.75) is 32.4 Å². The largest absolute Gasteiger partial charge is 0.358 e. The van der Waals surface area contributed by atoms with Gasteiger partial charge in [0.2, 0.25) is 5.91 Å². The molecule has 6 nitrogen and oxygen atoms in total. The van der Waals surface area contributed by atoms with Crippen LogP contribution >= 0.6 is 0 Å². The molecule has 7 heteroatoms. The average Bonchev–Trinajstić information content (AvgIpc) is 3.09. The standard InChI is InChI=1S/C22H22FN5O/c1-2-17-13-20(27-21(25-17)18-5-3-4-11-24-18)26-19-10-12-28(22(19)29)14-15-6-8-16(23)9-7-15/h3-9,11,13,19H,2,10,12,14H2,1H3,(H,25,26,27). The van der Waals surface area contributed by atoms with E-state index in [1.807, 2.05) is 31.2 Å². The van der Waals surface area contributed by atoms with Gasteiger partial charge in [-0.05, 0) is 42.7 Å². The van der Waals surface area contributed by atoms with E-state index in [1.165, 1.54) is 12.1 Å². The summed E-state index contributed by atoms with van der Waals surface area (Å²) in [6.45, 7) is 3.15. The normalized spacial score (nSPS) is 16.3. The number of carbonyl (C=O) groups is 1. The molecule has 1 atom stereocenters. The Morgan fingerprint density at radius 2 is 2.00 bits per heavy atom. The van der Waals surface area contributed by atoms with Crippen LogP contribution in [0.15, 0.2) is 54.7 Å². The van der Waals surface area contributed by atoms with Crippen molar-refractivity contribution in [3.05, 3.63) is 71.8 Å². The molecule has 148 valence electrons. The summed E-state index contributed by atoms with van der Waals surface area (Å²) in [4.78, 5) is 28.1. The highest BCUT2D eigenvalue weighted by Gasteiger charge is 2.31. The molecule has 3 aromatic rings. The summed E-state index contributed by atoms with van der Waals surface area (Å²) in [6.07, 6.45) is 3.15. The molecule has 1 unspecified atom stereocenters. The van der Waals surface area contributed by atoms with E-state index >= 15 is 0 Å². The van der Waals surface area contributed by atoms with Gasteiger partial charge in [0, 0.05) is 31.0 Å². The maximum absolute atomic E-state index is 13.1. The van der Waals surface area contributed by atoms with Crippen molar-refractivity contribution in [3.8, 4) is 11.5 Å². The van der Waals surface area contributed by atoms with Gasteiger partial charge in [0.15, 0.2) is 5.82 Å². The maximum Gasteiger partial charge on any atom is 0.245 e. The van der Waals surface area contributed by atoms with Crippen LogP contribution in [0, 0.1) is 5.82 Å². The highest BCUT2D eigenvalue weighted by Crippen LogP contribution is 2.21. The summed E-state index contributed by atoms with van der Waals surface area (Å²) in [6, 6.07) is 13.4. The minimum Gasteiger partial charge on any atom is -0.358 e. The van der Waals surface area contributed by atoms with Crippen molar-refractivity contribution < 1.29 is 9.18 Å². The SMILES string of the molecule is CCc1cc(NC2CCN(Cc3ccc(F)cc3)C2=O)nc(-c2ccccn2)n1. The van der Waals surface area contributed by atoms with Gasteiger partial charge in [0.05, 0.1) is 0 Å². The van der Waals surface area contributed by atoms with Crippen LogP contribution in [0.25, 0.3) is 11.5 Å². The molecule has 0 bridgehead atoms. The van der Waals surface area contributed by atoms with Gasteiger partial charge >= 0.3 is 0 Å². The molecule has 0 aliphatic carbocycles. The number of nitrogens with zero attached hydrogens (tertiary/aromatic N) is 4. The number of nitrogens with one attached hydrogen (secondary N) is 1. The Bertz CT molecular complexity index is 994. The molecule has 3 heterocycles. The van der Waals surface area contributed by atoms with Crippen molar-refractivity contribution in [1.29, 1.82) is 0 Å². The molecule has 0 spiro atoms. The monoisotopic (exact) mass is 391 g/mol. The second-order valence-electron chi connectivity index (χ2n) is 7.01. The predicted octanol–water partition coefficient (Wildman–Crippen LogP) is 3.45. The number of benzene rings is 1. The molecule has 1 saturated heterocycles. The molecule has 0 radical (unpaired) electrons. The summed E-state index contributed by atoms with van der Waals surface area (Å²) in [5.41, 5.74) is 2.49. The molecule has 1 aromatic carbocycles. The first kappa shape index (κ1) is 19.0. The first-order valence-electron chi connectivity index (χ1n) is 9.71. The van der Waals surface area contributed by atoms with Crippen molar-refractivity contribution in [1.82, 2.24) is 19.9 Å². The topological polar surface area (TPSA) is 71.0 Å². The van der Waals surface area contributed by atoms with E-state index in [0.717, 1.165) is 17.7 Å². The van der Waals surface area contributed by atoms with Crippen LogP contribution in [-0.2, 0) is 17.8 Å². The van der Waals surface area contributed by atoms with E-state index in [-0.39, 0.29) is 17.8 Å². The summed E-state index contributed by atoms with van der Waals surface area (Å²) >= 11 is 0.